The summed E-state index contributed by atoms with van der Waals surface area (Å²) in [7, 11) is 1.68. The lowest BCUT2D eigenvalue weighted by Gasteiger charge is -2.34. The molecular weight excluding hydrogens is 420 g/mol. The van der Waals surface area contributed by atoms with Crippen molar-refractivity contribution < 1.29 is 9.53 Å². The largest absolute Gasteiger partial charge is 0.497 e. The van der Waals surface area contributed by atoms with Gasteiger partial charge in [-0.1, -0.05) is 29.8 Å². The smallest absolute Gasteiger partial charge is 0.253 e. The van der Waals surface area contributed by atoms with Gasteiger partial charge < -0.3 is 9.64 Å². The number of aryl methyl sites for hydroxylation is 1. The van der Waals surface area contributed by atoms with Crippen molar-refractivity contribution in [3.8, 4) is 17.0 Å². The van der Waals surface area contributed by atoms with Crippen molar-refractivity contribution in [3.05, 3.63) is 76.9 Å². The molecule has 2 aromatic carbocycles. The minimum atomic E-state index is 0.117. The molecule has 1 aliphatic heterocycles. The minimum Gasteiger partial charge on any atom is -0.497 e. The second-order valence-electron chi connectivity index (χ2n) is 8.13. The van der Waals surface area contributed by atoms with Gasteiger partial charge in [0.15, 0.2) is 4.96 Å². The summed E-state index contributed by atoms with van der Waals surface area (Å²) in [5, 5.41) is 2.07. The fourth-order valence-electron chi connectivity index (χ4n) is 4.18. The van der Waals surface area contributed by atoms with E-state index in [2.05, 4.69) is 26.9 Å². The zero-order valence-electron chi connectivity index (χ0n) is 18.3. The molecule has 0 spiro atoms. The van der Waals surface area contributed by atoms with Gasteiger partial charge in [0.2, 0.25) is 0 Å². The van der Waals surface area contributed by atoms with Crippen LogP contribution in [0.5, 0.6) is 5.75 Å². The van der Waals surface area contributed by atoms with Crippen LogP contribution in [0.15, 0.2) is 60.1 Å². The van der Waals surface area contributed by atoms with Crippen LogP contribution in [0.3, 0.4) is 0 Å². The van der Waals surface area contributed by atoms with Crippen molar-refractivity contribution in [2.45, 2.75) is 13.5 Å². The number of hydrogen-bond acceptors (Lipinski definition) is 5. The number of amides is 1. The van der Waals surface area contributed by atoms with Gasteiger partial charge in [0.1, 0.15) is 5.75 Å². The number of imidazole rings is 1. The molecule has 0 radical (unpaired) electrons. The van der Waals surface area contributed by atoms with E-state index in [1.165, 1.54) is 11.3 Å². The highest BCUT2D eigenvalue weighted by Crippen LogP contribution is 2.30. The first-order valence-corrected chi connectivity index (χ1v) is 11.7. The SMILES string of the molecule is COc1cccc(-c2nc3sccn3c2CN2CCN(C(=O)c3ccc(C)cc3)CC2)c1. The average molecular weight is 447 g/mol. The number of rotatable bonds is 5. The molecule has 0 aliphatic carbocycles. The van der Waals surface area contributed by atoms with Crippen molar-refractivity contribution in [2.75, 3.05) is 33.3 Å². The van der Waals surface area contributed by atoms with Gasteiger partial charge in [0.25, 0.3) is 5.91 Å². The lowest BCUT2D eigenvalue weighted by molar-refractivity contribution is 0.0627. The van der Waals surface area contributed by atoms with Crippen LogP contribution in [0.2, 0.25) is 0 Å². The van der Waals surface area contributed by atoms with E-state index in [1.54, 1.807) is 18.4 Å². The zero-order valence-corrected chi connectivity index (χ0v) is 19.1. The Hall–Kier alpha value is -3.16. The highest BCUT2D eigenvalue weighted by atomic mass is 32.1. The van der Waals surface area contributed by atoms with E-state index in [0.29, 0.717) is 0 Å². The number of benzene rings is 2. The molecule has 1 fully saturated rings. The molecule has 0 bridgehead atoms. The van der Waals surface area contributed by atoms with Gasteiger partial charge in [0.05, 0.1) is 18.5 Å². The Morgan fingerprint density at radius 2 is 1.88 bits per heavy atom. The maximum absolute atomic E-state index is 12.9. The van der Waals surface area contributed by atoms with Gasteiger partial charge >= 0.3 is 0 Å². The highest BCUT2D eigenvalue weighted by molar-refractivity contribution is 7.15. The van der Waals surface area contributed by atoms with Crippen molar-refractivity contribution in [3.63, 3.8) is 0 Å². The lowest BCUT2D eigenvalue weighted by Crippen LogP contribution is -2.48. The summed E-state index contributed by atoms with van der Waals surface area (Å²) in [6.45, 7) is 5.96. The molecule has 164 valence electrons. The molecule has 6 nitrogen and oxygen atoms in total. The van der Waals surface area contributed by atoms with Crippen LogP contribution in [0.1, 0.15) is 21.6 Å². The summed E-state index contributed by atoms with van der Waals surface area (Å²) in [5.41, 5.74) is 5.16. The van der Waals surface area contributed by atoms with E-state index in [1.807, 2.05) is 54.3 Å². The third-order valence-electron chi connectivity index (χ3n) is 6.04. The summed E-state index contributed by atoms with van der Waals surface area (Å²) >= 11 is 1.64. The van der Waals surface area contributed by atoms with E-state index >= 15 is 0 Å². The number of hydrogen-bond donors (Lipinski definition) is 0. The fourth-order valence-corrected chi connectivity index (χ4v) is 4.92. The molecule has 0 saturated carbocycles. The molecule has 5 rings (SSSR count). The van der Waals surface area contributed by atoms with E-state index < -0.39 is 0 Å². The van der Waals surface area contributed by atoms with Crippen LogP contribution < -0.4 is 4.74 Å². The van der Waals surface area contributed by atoms with E-state index in [0.717, 1.165) is 60.3 Å². The molecule has 7 heteroatoms. The first-order valence-electron chi connectivity index (χ1n) is 10.8. The van der Waals surface area contributed by atoms with Gasteiger partial charge in [-0.15, -0.1) is 11.3 Å². The van der Waals surface area contributed by atoms with Gasteiger partial charge in [0, 0.05) is 55.4 Å². The van der Waals surface area contributed by atoms with Gasteiger partial charge in [-0.3, -0.25) is 14.1 Å². The second-order valence-corrected chi connectivity index (χ2v) is 9.00. The molecule has 2 aromatic heterocycles. The summed E-state index contributed by atoms with van der Waals surface area (Å²) in [4.78, 5) is 23.1. The number of carbonyl (C=O) groups excluding carboxylic acids is 1. The molecule has 3 heterocycles. The first kappa shape index (κ1) is 20.7. The quantitative estimate of drug-likeness (QED) is 0.458. The van der Waals surface area contributed by atoms with Crippen molar-refractivity contribution in [2.24, 2.45) is 0 Å². The Bertz CT molecular complexity index is 1240. The number of thiazole rings is 1. The Morgan fingerprint density at radius 3 is 2.62 bits per heavy atom. The normalized spacial score (nSPS) is 14.8. The standard InChI is InChI=1S/C25H26N4O2S/c1-18-6-8-19(9-7-18)24(30)28-12-10-27(11-13-28)17-22-23(26-25-29(22)14-15-32-25)20-4-3-5-21(16-20)31-2/h3-9,14-16H,10-13,17H2,1-2H3. The van der Waals surface area contributed by atoms with Gasteiger partial charge in [-0.05, 0) is 31.2 Å². The number of carbonyl (C=O) groups is 1. The third-order valence-corrected chi connectivity index (χ3v) is 6.79. The minimum absolute atomic E-state index is 0.117. The van der Waals surface area contributed by atoms with Crippen molar-refractivity contribution >= 4 is 22.2 Å². The molecule has 0 unspecified atom stereocenters. The monoisotopic (exact) mass is 446 g/mol. The maximum Gasteiger partial charge on any atom is 0.253 e. The van der Waals surface area contributed by atoms with Crippen LogP contribution in [0.25, 0.3) is 16.2 Å². The van der Waals surface area contributed by atoms with Crippen molar-refractivity contribution in [1.82, 2.24) is 19.2 Å². The molecule has 0 N–H and O–H groups in total. The number of aromatic nitrogens is 2. The average Bonchev–Trinajstić information content (AvgIpc) is 3.42. The second kappa shape index (κ2) is 8.76. The van der Waals surface area contributed by atoms with Crippen LogP contribution in [-0.4, -0.2) is 58.4 Å². The van der Waals surface area contributed by atoms with Crippen molar-refractivity contribution in [1.29, 1.82) is 0 Å². The predicted octanol–water partition coefficient (Wildman–Crippen LogP) is 4.34. The summed E-state index contributed by atoms with van der Waals surface area (Å²) in [5.74, 6) is 0.944. The molecule has 1 amide bonds. The molecule has 32 heavy (non-hydrogen) atoms. The number of piperazine rings is 1. The Kier molecular flexibility index (Phi) is 5.68. The number of ether oxygens (including phenoxy) is 1. The number of methoxy groups -OCH3 is 1. The van der Waals surface area contributed by atoms with Crippen LogP contribution in [-0.2, 0) is 6.54 Å². The highest BCUT2D eigenvalue weighted by Gasteiger charge is 2.24. The fraction of sp³-hybridized carbons (Fsp3) is 0.280. The topological polar surface area (TPSA) is 50.1 Å². The molecule has 1 aliphatic rings. The first-order chi connectivity index (χ1) is 15.6. The lowest BCUT2D eigenvalue weighted by atomic mass is 10.1. The van der Waals surface area contributed by atoms with Crippen LogP contribution in [0.4, 0.5) is 0 Å². The number of fused-ring (bicyclic) bond motifs is 1. The zero-order chi connectivity index (χ0) is 22.1. The van der Waals surface area contributed by atoms with E-state index in [-0.39, 0.29) is 5.91 Å². The molecule has 1 saturated heterocycles. The summed E-state index contributed by atoms with van der Waals surface area (Å²) < 4.78 is 7.60. The van der Waals surface area contributed by atoms with E-state index in [4.69, 9.17) is 9.72 Å². The summed E-state index contributed by atoms with van der Waals surface area (Å²) in [6.07, 6.45) is 2.09. The van der Waals surface area contributed by atoms with Gasteiger partial charge in [-0.2, -0.15) is 0 Å². The van der Waals surface area contributed by atoms with Crippen LogP contribution in [0, 0.1) is 6.92 Å². The third kappa shape index (κ3) is 4.01. The Morgan fingerprint density at radius 1 is 1.09 bits per heavy atom. The van der Waals surface area contributed by atoms with Gasteiger partial charge in [-0.25, -0.2) is 4.98 Å². The molecule has 4 aromatic rings. The Labute approximate surface area is 191 Å². The summed E-state index contributed by atoms with van der Waals surface area (Å²) in [6, 6.07) is 15.9. The molecular formula is C25H26N4O2S. The predicted molar refractivity (Wildman–Crippen MR) is 127 cm³/mol. The van der Waals surface area contributed by atoms with Crippen LogP contribution >= 0.6 is 11.3 Å². The Balaban J connectivity index is 1.33. The van der Waals surface area contributed by atoms with E-state index in [9.17, 15) is 4.79 Å². The maximum atomic E-state index is 12.9. The molecule has 0 atom stereocenters. The number of nitrogens with zero attached hydrogens (tertiary/aromatic N) is 4.